The predicted molar refractivity (Wildman–Crippen MR) is 58.8 cm³/mol. The van der Waals surface area contributed by atoms with Crippen LogP contribution >= 0.6 is 22.6 Å². The van der Waals surface area contributed by atoms with Gasteiger partial charge in [-0.15, -0.1) is 0 Å². The van der Waals surface area contributed by atoms with Gasteiger partial charge in [-0.1, -0.05) is 0 Å². The highest BCUT2D eigenvalue weighted by Crippen LogP contribution is 2.10. The van der Waals surface area contributed by atoms with E-state index in [0.717, 1.165) is 3.57 Å². The summed E-state index contributed by atoms with van der Waals surface area (Å²) in [5.74, 6) is -0.458. The maximum Gasteiger partial charge on any atom is 0.356 e. The minimum Gasteiger partial charge on any atom is -0.461 e. The van der Waals surface area contributed by atoms with Crippen LogP contribution in [0.3, 0.4) is 0 Å². The predicted octanol–water partition coefficient (Wildman–Crippen LogP) is 1.36. The highest BCUT2D eigenvalue weighted by atomic mass is 127. The Hall–Kier alpha value is -0.690. The molecular weight excluding hydrogens is 297 g/mol. The second kappa shape index (κ2) is 5.26. The summed E-state index contributed by atoms with van der Waals surface area (Å²) in [6, 6.07) is 3.33. The van der Waals surface area contributed by atoms with Crippen molar-refractivity contribution in [1.29, 1.82) is 0 Å². The van der Waals surface area contributed by atoms with Gasteiger partial charge in [0.05, 0.1) is 18.9 Å². The first kappa shape index (κ1) is 11.4. The molecule has 0 saturated heterocycles. The molecule has 0 amide bonds. The molecule has 1 heterocycles. The first-order valence-corrected chi connectivity index (χ1v) is 5.19. The van der Waals surface area contributed by atoms with Crippen LogP contribution in [-0.4, -0.2) is 22.7 Å². The Kier molecular flexibility index (Phi) is 4.27. The van der Waals surface area contributed by atoms with Crippen LogP contribution in [0.25, 0.3) is 0 Å². The minimum absolute atomic E-state index is 0.177. The van der Waals surface area contributed by atoms with Crippen molar-refractivity contribution in [3.63, 3.8) is 0 Å². The van der Waals surface area contributed by atoms with Gasteiger partial charge in [-0.3, -0.25) is 0 Å². The largest absolute Gasteiger partial charge is 0.461 e. The number of pyridine rings is 1. The quantitative estimate of drug-likeness (QED) is 0.676. The van der Waals surface area contributed by atoms with Gasteiger partial charge in [0.15, 0.2) is 0 Å². The van der Waals surface area contributed by atoms with E-state index in [1.807, 2.05) is 0 Å². The second-order valence-electron chi connectivity index (χ2n) is 2.54. The van der Waals surface area contributed by atoms with Crippen molar-refractivity contribution >= 4 is 28.6 Å². The fourth-order valence-corrected chi connectivity index (χ4v) is 1.60. The van der Waals surface area contributed by atoms with Crippen LogP contribution in [-0.2, 0) is 11.3 Å². The van der Waals surface area contributed by atoms with E-state index in [-0.39, 0.29) is 12.3 Å². The van der Waals surface area contributed by atoms with E-state index in [0.29, 0.717) is 12.3 Å². The molecule has 0 atom stereocenters. The van der Waals surface area contributed by atoms with E-state index in [9.17, 15) is 4.79 Å². The topological polar surface area (TPSA) is 59.4 Å². The standard InChI is InChI=1S/C9H10INO3/c1-2-14-9(13)8-4-6(10)3-7(5-12)11-8/h3-4,12H,2,5H2,1H3. The maximum absolute atomic E-state index is 11.3. The van der Waals surface area contributed by atoms with Crippen molar-refractivity contribution < 1.29 is 14.6 Å². The zero-order valence-corrected chi connectivity index (χ0v) is 9.82. The Morgan fingerprint density at radius 1 is 1.64 bits per heavy atom. The maximum atomic E-state index is 11.3. The number of hydrogen-bond donors (Lipinski definition) is 1. The number of nitrogens with zero attached hydrogens (tertiary/aromatic N) is 1. The fourth-order valence-electron chi connectivity index (χ4n) is 0.941. The normalized spacial score (nSPS) is 9.93. The first-order valence-electron chi connectivity index (χ1n) is 4.11. The third-order valence-corrected chi connectivity index (χ3v) is 2.11. The van der Waals surface area contributed by atoms with Gasteiger partial charge in [0.25, 0.3) is 0 Å². The summed E-state index contributed by atoms with van der Waals surface area (Å²) in [5.41, 5.74) is 0.711. The number of hydrogen-bond acceptors (Lipinski definition) is 4. The molecule has 0 fully saturated rings. The number of aliphatic hydroxyl groups is 1. The Morgan fingerprint density at radius 3 is 2.93 bits per heavy atom. The van der Waals surface area contributed by atoms with E-state index in [1.165, 1.54) is 0 Å². The number of ether oxygens (including phenoxy) is 1. The van der Waals surface area contributed by atoms with Gasteiger partial charge in [-0.25, -0.2) is 9.78 Å². The first-order chi connectivity index (χ1) is 6.67. The lowest BCUT2D eigenvalue weighted by Crippen LogP contribution is -2.09. The number of halogens is 1. The average molecular weight is 307 g/mol. The number of carbonyl (C=O) groups is 1. The summed E-state index contributed by atoms with van der Waals surface area (Å²) in [7, 11) is 0. The lowest BCUT2D eigenvalue weighted by atomic mass is 10.3. The summed E-state index contributed by atoms with van der Waals surface area (Å²) < 4.78 is 5.65. The lowest BCUT2D eigenvalue weighted by Gasteiger charge is -2.03. The van der Waals surface area contributed by atoms with E-state index in [2.05, 4.69) is 27.6 Å². The average Bonchev–Trinajstić information content (AvgIpc) is 2.17. The summed E-state index contributed by atoms with van der Waals surface area (Å²) in [4.78, 5) is 15.2. The van der Waals surface area contributed by atoms with Gasteiger partial charge in [0.2, 0.25) is 0 Å². The molecule has 1 N–H and O–H groups in total. The molecule has 0 aliphatic heterocycles. The summed E-state index contributed by atoms with van der Waals surface area (Å²) in [5, 5.41) is 8.88. The van der Waals surface area contributed by atoms with Crippen LogP contribution in [0.5, 0.6) is 0 Å². The molecule has 76 valence electrons. The van der Waals surface area contributed by atoms with E-state index in [4.69, 9.17) is 9.84 Å². The SMILES string of the molecule is CCOC(=O)c1cc(I)cc(CO)n1. The van der Waals surface area contributed by atoms with Gasteiger partial charge >= 0.3 is 5.97 Å². The van der Waals surface area contributed by atoms with Crippen molar-refractivity contribution in [2.45, 2.75) is 13.5 Å². The van der Waals surface area contributed by atoms with Crippen molar-refractivity contribution in [2.75, 3.05) is 6.61 Å². The fraction of sp³-hybridized carbons (Fsp3) is 0.333. The molecule has 0 aromatic carbocycles. The summed E-state index contributed by atoms with van der Waals surface area (Å²) in [6.45, 7) is 1.88. The van der Waals surface area contributed by atoms with Crippen molar-refractivity contribution in [1.82, 2.24) is 4.98 Å². The Labute approximate surface area is 95.4 Å². The minimum atomic E-state index is -0.458. The molecule has 4 nitrogen and oxygen atoms in total. The third-order valence-electron chi connectivity index (χ3n) is 1.49. The molecule has 1 rings (SSSR count). The van der Waals surface area contributed by atoms with Crippen LogP contribution in [0.15, 0.2) is 12.1 Å². The zero-order valence-electron chi connectivity index (χ0n) is 7.66. The van der Waals surface area contributed by atoms with E-state index >= 15 is 0 Å². The van der Waals surface area contributed by atoms with Crippen molar-refractivity contribution in [3.8, 4) is 0 Å². The van der Waals surface area contributed by atoms with Gasteiger partial charge in [0.1, 0.15) is 5.69 Å². The molecular formula is C9H10INO3. The lowest BCUT2D eigenvalue weighted by molar-refractivity contribution is 0.0518. The molecule has 1 aromatic rings. The van der Waals surface area contributed by atoms with Gasteiger partial charge < -0.3 is 9.84 Å². The van der Waals surface area contributed by atoms with E-state index in [1.54, 1.807) is 19.1 Å². The van der Waals surface area contributed by atoms with Crippen molar-refractivity contribution in [3.05, 3.63) is 27.1 Å². The highest BCUT2D eigenvalue weighted by molar-refractivity contribution is 14.1. The molecule has 1 aromatic heterocycles. The van der Waals surface area contributed by atoms with Crippen molar-refractivity contribution in [2.24, 2.45) is 0 Å². The summed E-state index contributed by atoms with van der Waals surface area (Å²) in [6.07, 6.45) is 0. The Morgan fingerprint density at radius 2 is 2.36 bits per heavy atom. The van der Waals surface area contributed by atoms with Gasteiger partial charge in [-0.05, 0) is 41.6 Å². The smallest absolute Gasteiger partial charge is 0.356 e. The number of carbonyl (C=O) groups excluding carboxylic acids is 1. The van der Waals surface area contributed by atoms with Crippen LogP contribution in [0, 0.1) is 3.57 Å². The van der Waals surface area contributed by atoms with Crippen LogP contribution in [0.2, 0.25) is 0 Å². The van der Waals surface area contributed by atoms with Gasteiger partial charge in [0, 0.05) is 3.57 Å². The molecule has 14 heavy (non-hydrogen) atoms. The number of esters is 1. The van der Waals surface area contributed by atoms with Crippen LogP contribution in [0.1, 0.15) is 23.1 Å². The number of rotatable bonds is 3. The zero-order chi connectivity index (χ0) is 10.6. The molecule has 0 unspecified atom stereocenters. The van der Waals surface area contributed by atoms with Crippen LogP contribution < -0.4 is 0 Å². The second-order valence-corrected chi connectivity index (χ2v) is 3.79. The number of aromatic nitrogens is 1. The molecule has 0 aliphatic rings. The molecule has 0 saturated carbocycles. The monoisotopic (exact) mass is 307 g/mol. The van der Waals surface area contributed by atoms with Gasteiger partial charge in [-0.2, -0.15) is 0 Å². The molecule has 0 radical (unpaired) electrons. The molecule has 0 bridgehead atoms. The highest BCUT2D eigenvalue weighted by Gasteiger charge is 2.10. The molecule has 5 heteroatoms. The Bertz CT molecular complexity index is 341. The third kappa shape index (κ3) is 2.91. The molecule has 0 aliphatic carbocycles. The molecule has 0 spiro atoms. The number of aliphatic hydroxyl groups excluding tert-OH is 1. The van der Waals surface area contributed by atoms with E-state index < -0.39 is 5.97 Å². The Balaban J connectivity index is 2.96. The summed E-state index contributed by atoms with van der Waals surface area (Å²) >= 11 is 2.06. The van der Waals surface area contributed by atoms with Crippen LogP contribution in [0.4, 0.5) is 0 Å².